The van der Waals surface area contributed by atoms with Gasteiger partial charge in [0, 0.05) is 119 Å². The molecule has 105 heavy (non-hydrogen) atoms. The van der Waals surface area contributed by atoms with E-state index in [1.165, 1.54) is 103 Å². The van der Waals surface area contributed by atoms with Gasteiger partial charge in [-0.1, -0.05) is 140 Å². The van der Waals surface area contributed by atoms with Crippen molar-refractivity contribution in [2.24, 2.45) is 0 Å². The normalized spacial score (nSPS) is 13.5. The van der Waals surface area contributed by atoms with Crippen LogP contribution in [0.3, 0.4) is 0 Å². The molecule has 6 aliphatic rings. The standard InChI is InChI=1S/C30H15BO4.2C30H15BO2S2/c1-3-8-22-16(6-1)18-12-28-20(14-26(18)32-22)31-21-15-27-19(17-7-2-4-9-23(17)33-27)13-29(21)35-25-11-5-10-24(34-28)30(25)31;1-3-10-26-16(6-1)18-12-24-20(14-28(18)34-26)31-21-15-29-19(17-7-2-4-11-27(17)35-29)13-25(21)33-23-9-5-8-22(32-24)30(23)31;1-3-10-26-16(6-1)18-12-20-24(14-28(18)34-26)32-22-8-5-9-23-30(22)31(20)21-13-19-17-7-2-4-11-27(17)35-29(19)15-25(21)33-23/h3*1-15H. The average Bonchev–Trinajstić information content (AvgIpc) is 1.65. The van der Waals surface area contributed by atoms with E-state index in [1.807, 2.05) is 112 Å². The number of rotatable bonds is 0. The van der Waals surface area contributed by atoms with Crippen LogP contribution in [0.5, 0.6) is 69.0 Å². The summed E-state index contributed by atoms with van der Waals surface area (Å²) in [5.41, 5.74) is 13.8. The second-order valence-electron chi connectivity index (χ2n) is 27.8. The van der Waals surface area contributed by atoms with Crippen LogP contribution in [-0.2, 0) is 0 Å². The summed E-state index contributed by atoms with van der Waals surface area (Å²) in [6, 6.07) is 96.0. The van der Waals surface area contributed by atoms with E-state index in [-0.39, 0.29) is 20.1 Å². The minimum Gasteiger partial charge on any atom is -0.458 e. The molecule has 0 saturated carbocycles. The summed E-state index contributed by atoms with van der Waals surface area (Å²) in [5, 5.41) is 14.6. The van der Waals surface area contributed by atoms with Gasteiger partial charge in [-0.15, -0.1) is 45.3 Å². The first-order valence-electron chi connectivity index (χ1n) is 35.1. The number of ether oxygens (including phenoxy) is 6. The fraction of sp³-hybridized carbons (Fsp3) is 0. The molecule has 0 fully saturated rings. The molecule has 0 saturated heterocycles. The van der Waals surface area contributed by atoms with E-state index in [0.29, 0.717) is 0 Å². The maximum atomic E-state index is 6.53. The summed E-state index contributed by atoms with van der Waals surface area (Å²) in [6.07, 6.45) is 0. The molecule has 8 nitrogen and oxygen atoms in total. The molecule has 0 aliphatic carbocycles. The number of thiophene rings is 4. The smallest absolute Gasteiger partial charge is 0.261 e. The second-order valence-corrected chi connectivity index (χ2v) is 32.2. The van der Waals surface area contributed by atoms with Gasteiger partial charge in [0.15, 0.2) is 0 Å². The van der Waals surface area contributed by atoms with Crippen molar-refractivity contribution in [3.63, 3.8) is 0 Å². The Labute approximate surface area is 613 Å². The van der Waals surface area contributed by atoms with Crippen LogP contribution in [0.1, 0.15) is 0 Å². The molecule has 0 unspecified atom stereocenters. The van der Waals surface area contributed by atoms with Crippen molar-refractivity contribution in [1.82, 2.24) is 0 Å². The van der Waals surface area contributed by atoms with Crippen LogP contribution >= 0.6 is 45.3 Å². The lowest BCUT2D eigenvalue weighted by Gasteiger charge is -2.33. The van der Waals surface area contributed by atoms with Crippen LogP contribution in [-0.4, -0.2) is 20.1 Å². The molecule has 0 N–H and O–H groups in total. The first-order chi connectivity index (χ1) is 51.9. The molecule has 15 aromatic carbocycles. The van der Waals surface area contributed by atoms with Gasteiger partial charge in [-0.3, -0.25) is 0 Å². The van der Waals surface area contributed by atoms with Gasteiger partial charge in [0.25, 0.3) is 20.1 Å². The van der Waals surface area contributed by atoms with E-state index >= 15 is 0 Å². The molecule has 0 atom stereocenters. The molecular formula is C90H45B3O8S4. The maximum Gasteiger partial charge on any atom is 0.261 e. The Balaban J connectivity index is 0.0000000914. The Bertz CT molecular complexity index is 6780. The summed E-state index contributed by atoms with van der Waals surface area (Å²) < 4.78 is 61.8. The van der Waals surface area contributed by atoms with Crippen molar-refractivity contribution < 1.29 is 37.3 Å². The summed E-state index contributed by atoms with van der Waals surface area (Å²) in [7, 11) is 0. The molecule has 486 valence electrons. The van der Waals surface area contributed by atoms with Crippen molar-refractivity contribution in [2.75, 3.05) is 0 Å². The van der Waals surface area contributed by atoms with Crippen molar-refractivity contribution in [3.05, 3.63) is 273 Å². The van der Waals surface area contributed by atoms with Gasteiger partial charge in [0.1, 0.15) is 91.3 Å². The number of hydrogen-bond donors (Lipinski definition) is 0. The highest BCUT2D eigenvalue weighted by Gasteiger charge is 2.45. The van der Waals surface area contributed by atoms with Gasteiger partial charge in [-0.25, -0.2) is 0 Å². The summed E-state index contributed by atoms with van der Waals surface area (Å²) in [5.74, 6) is 10.7. The highest BCUT2D eigenvalue weighted by molar-refractivity contribution is 7.27. The maximum absolute atomic E-state index is 6.53. The molecule has 21 aromatic rings. The summed E-state index contributed by atoms with van der Waals surface area (Å²) in [4.78, 5) is 0. The Morgan fingerprint density at radius 1 is 0.171 bits per heavy atom. The Morgan fingerprint density at radius 2 is 0.429 bits per heavy atom. The Kier molecular flexibility index (Phi) is 11.6. The molecule has 6 aromatic heterocycles. The zero-order valence-electron chi connectivity index (χ0n) is 55.1. The third kappa shape index (κ3) is 8.23. The van der Waals surface area contributed by atoms with Crippen LogP contribution in [0.2, 0.25) is 0 Å². The van der Waals surface area contributed by atoms with Crippen molar-refractivity contribution >= 4 is 239 Å². The molecule has 15 heteroatoms. The molecule has 27 rings (SSSR count). The number of fused-ring (bicyclic) bond motifs is 30. The second kappa shape index (κ2) is 21.2. The van der Waals surface area contributed by atoms with Crippen LogP contribution in [0.4, 0.5) is 0 Å². The van der Waals surface area contributed by atoms with E-state index in [2.05, 4.69) is 206 Å². The third-order valence-corrected chi connectivity index (χ3v) is 26.7. The largest absolute Gasteiger partial charge is 0.458 e. The van der Waals surface area contributed by atoms with Gasteiger partial charge >= 0.3 is 0 Å². The predicted molar refractivity (Wildman–Crippen MR) is 439 cm³/mol. The Morgan fingerprint density at radius 3 is 0.771 bits per heavy atom. The predicted octanol–water partition coefficient (Wildman–Crippen LogP) is 20.5. The van der Waals surface area contributed by atoms with Crippen LogP contribution in [0.25, 0.3) is 125 Å². The van der Waals surface area contributed by atoms with Gasteiger partial charge < -0.3 is 37.3 Å². The third-order valence-electron chi connectivity index (χ3n) is 22.2. The van der Waals surface area contributed by atoms with E-state index in [1.54, 1.807) is 0 Å². The molecule has 0 bridgehead atoms. The Hall–Kier alpha value is -12.2. The van der Waals surface area contributed by atoms with Crippen LogP contribution in [0, 0.1) is 0 Å². The minimum absolute atomic E-state index is 0.0519. The fourth-order valence-electron chi connectivity index (χ4n) is 17.6. The monoisotopic (exact) mass is 1410 g/mol. The highest BCUT2D eigenvalue weighted by atomic mass is 32.1. The molecular weight excluding hydrogens is 1370 g/mol. The molecule has 12 heterocycles. The molecule has 0 amide bonds. The summed E-state index contributed by atoms with van der Waals surface area (Å²) in [6.45, 7) is 0.0988. The lowest BCUT2D eigenvalue weighted by Crippen LogP contribution is -2.57. The van der Waals surface area contributed by atoms with E-state index < -0.39 is 0 Å². The highest BCUT2D eigenvalue weighted by Crippen LogP contribution is 2.47. The molecule has 0 spiro atoms. The number of para-hydroxylation sites is 2. The lowest BCUT2D eigenvalue weighted by atomic mass is 9.34. The minimum atomic E-state index is -0.0519. The molecule has 6 aliphatic heterocycles. The quantitative estimate of drug-likeness (QED) is 0.139. The van der Waals surface area contributed by atoms with Crippen molar-refractivity contribution in [1.29, 1.82) is 0 Å². The fourth-order valence-corrected chi connectivity index (χ4v) is 22.1. The van der Waals surface area contributed by atoms with Gasteiger partial charge in [0.2, 0.25) is 0 Å². The lowest BCUT2D eigenvalue weighted by molar-refractivity contribution is 0.464. The van der Waals surface area contributed by atoms with Gasteiger partial charge in [-0.05, 0) is 166 Å². The number of benzene rings is 15. The average molecular weight is 1420 g/mol. The number of furan rings is 2. The van der Waals surface area contributed by atoms with Gasteiger partial charge in [-0.2, -0.15) is 0 Å². The van der Waals surface area contributed by atoms with Crippen LogP contribution < -0.4 is 77.6 Å². The first kappa shape index (κ1) is 57.3. The van der Waals surface area contributed by atoms with Crippen molar-refractivity contribution in [2.45, 2.75) is 0 Å². The topological polar surface area (TPSA) is 81.7 Å². The van der Waals surface area contributed by atoms with Crippen LogP contribution in [0.15, 0.2) is 282 Å². The zero-order valence-corrected chi connectivity index (χ0v) is 58.4. The van der Waals surface area contributed by atoms with E-state index in [0.717, 1.165) is 140 Å². The van der Waals surface area contributed by atoms with Crippen molar-refractivity contribution in [3.8, 4) is 69.0 Å². The van der Waals surface area contributed by atoms with E-state index in [4.69, 9.17) is 37.3 Å². The van der Waals surface area contributed by atoms with E-state index in [9.17, 15) is 0 Å². The first-order valence-corrected chi connectivity index (χ1v) is 38.4. The van der Waals surface area contributed by atoms with Gasteiger partial charge in [0.05, 0.1) is 0 Å². The summed E-state index contributed by atoms with van der Waals surface area (Å²) >= 11 is 7.36. The SMILES string of the molecule is c1cc2c3c(c1)Oc1cc4c(cc1B3c1cc3oc5ccccc5c3cc1O2)oc1ccccc14.c1cc2c3c(c1)Oc1cc4c(cc1B3c1cc3sc5ccccc5c3cc1O2)sc1ccccc14.c1cc2c3c(c1)Oc1cc4sc5ccccc5c4cc1B3c1cc3c(cc1O2)sc1ccccc13. The molecule has 0 radical (unpaired) electrons. The number of hydrogen-bond acceptors (Lipinski definition) is 12. The zero-order chi connectivity index (χ0) is 68.0.